The van der Waals surface area contributed by atoms with Crippen molar-refractivity contribution in [1.82, 2.24) is 14.6 Å². The maximum Gasteiger partial charge on any atom is 0.336 e. The molecule has 0 aliphatic heterocycles. The fourth-order valence-corrected chi connectivity index (χ4v) is 3.96. The van der Waals surface area contributed by atoms with E-state index in [2.05, 4.69) is 26.0 Å². The van der Waals surface area contributed by atoms with Crippen molar-refractivity contribution >= 4 is 11.6 Å². The average molecular weight is 399 g/mol. The summed E-state index contributed by atoms with van der Waals surface area (Å²) in [6.45, 7) is 6.23. The van der Waals surface area contributed by atoms with Gasteiger partial charge in [0.15, 0.2) is 5.65 Å². The van der Waals surface area contributed by atoms with E-state index in [0.29, 0.717) is 5.56 Å². The Morgan fingerprint density at radius 2 is 1.80 bits per heavy atom. The van der Waals surface area contributed by atoms with Crippen LogP contribution in [-0.4, -0.2) is 25.7 Å². The molecule has 0 amide bonds. The van der Waals surface area contributed by atoms with Crippen molar-refractivity contribution in [2.45, 2.75) is 40.0 Å². The molecule has 2 heterocycles. The molecule has 4 rings (SSSR count). The number of aromatic carboxylic acids is 1. The lowest BCUT2D eigenvalue weighted by atomic mass is 9.96. The monoisotopic (exact) mass is 399 g/mol. The van der Waals surface area contributed by atoms with Crippen LogP contribution in [0.2, 0.25) is 0 Å². The zero-order valence-corrected chi connectivity index (χ0v) is 17.5. The summed E-state index contributed by atoms with van der Waals surface area (Å²) in [6, 6.07) is 17.3. The smallest absolute Gasteiger partial charge is 0.336 e. The summed E-state index contributed by atoms with van der Waals surface area (Å²) in [7, 11) is 0. The molecule has 0 bridgehead atoms. The third kappa shape index (κ3) is 3.71. The minimum Gasteiger partial charge on any atom is -0.478 e. The predicted octanol–water partition coefficient (Wildman–Crippen LogP) is 5.25. The molecule has 1 N–H and O–H groups in total. The van der Waals surface area contributed by atoms with E-state index in [4.69, 9.17) is 10.1 Å². The molecule has 2 aromatic heterocycles. The molecule has 0 radical (unpaired) electrons. The maximum atomic E-state index is 11.5. The van der Waals surface area contributed by atoms with Crippen LogP contribution < -0.4 is 0 Å². The molecule has 0 fully saturated rings. The molecule has 0 saturated carbocycles. The summed E-state index contributed by atoms with van der Waals surface area (Å²) in [5.41, 5.74) is 8.36. The highest BCUT2D eigenvalue weighted by molar-refractivity contribution is 5.96. The number of fused-ring (bicyclic) bond motifs is 1. The normalized spacial score (nSPS) is 11.2. The molecule has 0 spiro atoms. The van der Waals surface area contributed by atoms with E-state index in [0.717, 1.165) is 58.7 Å². The van der Waals surface area contributed by atoms with E-state index in [9.17, 15) is 9.90 Å². The summed E-state index contributed by atoms with van der Waals surface area (Å²) in [4.78, 5) is 16.3. The van der Waals surface area contributed by atoms with Crippen LogP contribution in [0.5, 0.6) is 0 Å². The van der Waals surface area contributed by atoms with Gasteiger partial charge in [-0.15, -0.1) is 0 Å². The lowest BCUT2D eigenvalue weighted by Crippen LogP contribution is -1.99. The Bertz CT molecular complexity index is 1220. The number of nitrogens with zero attached hydrogens (tertiary/aromatic N) is 3. The van der Waals surface area contributed by atoms with Gasteiger partial charge in [0.05, 0.1) is 11.3 Å². The van der Waals surface area contributed by atoms with E-state index >= 15 is 0 Å². The number of aromatic nitrogens is 3. The number of carboxylic acids is 1. The summed E-state index contributed by atoms with van der Waals surface area (Å²) < 4.78 is 1.95. The zero-order chi connectivity index (χ0) is 21.3. The summed E-state index contributed by atoms with van der Waals surface area (Å²) >= 11 is 0. The summed E-state index contributed by atoms with van der Waals surface area (Å²) in [5.74, 6) is -0.915. The molecule has 152 valence electrons. The van der Waals surface area contributed by atoms with Crippen LogP contribution in [0.25, 0.3) is 16.8 Å². The number of carbonyl (C=O) groups is 1. The van der Waals surface area contributed by atoms with Crippen molar-refractivity contribution in [2.24, 2.45) is 0 Å². The molecule has 0 unspecified atom stereocenters. The van der Waals surface area contributed by atoms with Crippen LogP contribution in [0, 0.1) is 13.8 Å². The molecule has 30 heavy (non-hydrogen) atoms. The number of rotatable bonds is 6. The van der Waals surface area contributed by atoms with Crippen LogP contribution in [0.15, 0.2) is 54.6 Å². The third-order valence-corrected chi connectivity index (χ3v) is 5.36. The van der Waals surface area contributed by atoms with Crippen molar-refractivity contribution in [1.29, 1.82) is 0 Å². The largest absolute Gasteiger partial charge is 0.478 e. The molecule has 0 atom stereocenters. The predicted molar refractivity (Wildman–Crippen MR) is 118 cm³/mol. The first-order valence-electron chi connectivity index (χ1n) is 10.2. The van der Waals surface area contributed by atoms with Gasteiger partial charge < -0.3 is 5.11 Å². The van der Waals surface area contributed by atoms with Gasteiger partial charge in [0.1, 0.15) is 0 Å². The van der Waals surface area contributed by atoms with Gasteiger partial charge in [-0.05, 0) is 49.1 Å². The van der Waals surface area contributed by atoms with Crippen molar-refractivity contribution < 1.29 is 9.90 Å². The van der Waals surface area contributed by atoms with Crippen molar-refractivity contribution in [3.8, 4) is 11.1 Å². The van der Waals surface area contributed by atoms with Crippen molar-refractivity contribution in [2.75, 3.05) is 0 Å². The molecule has 4 aromatic rings. The minimum atomic E-state index is -0.915. The summed E-state index contributed by atoms with van der Waals surface area (Å²) in [6.07, 6.45) is 2.69. The SMILES string of the molecule is CCCc1nn2c(C)cc(C)nc2c1Cc1ccc(-c2ccccc2C(=O)O)cc1. The highest BCUT2D eigenvalue weighted by Crippen LogP contribution is 2.26. The van der Waals surface area contributed by atoms with Crippen LogP contribution in [-0.2, 0) is 12.8 Å². The van der Waals surface area contributed by atoms with Crippen LogP contribution in [0.1, 0.15) is 51.9 Å². The standard InChI is InChI=1S/C25H25N3O2/c1-4-7-23-22(24-26-16(2)14-17(3)28(24)27-23)15-18-10-12-19(13-11-18)20-8-5-6-9-21(20)25(29)30/h5-6,8-14H,4,7,15H2,1-3H3,(H,29,30). The van der Waals surface area contributed by atoms with E-state index in [1.54, 1.807) is 12.1 Å². The fourth-order valence-electron chi connectivity index (χ4n) is 3.96. The van der Waals surface area contributed by atoms with E-state index in [-0.39, 0.29) is 0 Å². The highest BCUT2D eigenvalue weighted by Gasteiger charge is 2.16. The Labute approximate surface area is 176 Å². The molecule has 5 nitrogen and oxygen atoms in total. The number of benzene rings is 2. The first-order chi connectivity index (χ1) is 14.5. The van der Waals surface area contributed by atoms with Gasteiger partial charge in [-0.25, -0.2) is 14.3 Å². The molecule has 5 heteroatoms. The second kappa shape index (κ2) is 8.11. The van der Waals surface area contributed by atoms with Crippen LogP contribution >= 0.6 is 0 Å². The van der Waals surface area contributed by atoms with Gasteiger partial charge in [0.25, 0.3) is 0 Å². The Morgan fingerprint density at radius 1 is 1.07 bits per heavy atom. The number of carboxylic acid groups (broad SMARTS) is 1. The first kappa shape index (κ1) is 19.8. The second-order valence-electron chi connectivity index (χ2n) is 7.67. The van der Waals surface area contributed by atoms with E-state index in [1.165, 1.54) is 5.56 Å². The van der Waals surface area contributed by atoms with Gasteiger partial charge in [0.2, 0.25) is 0 Å². The van der Waals surface area contributed by atoms with Gasteiger partial charge in [0, 0.05) is 23.4 Å². The molecular formula is C25H25N3O2. The number of aryl methyl sites for hydroxylation is 3. The van der Waals surface area contributed by atoms with Crippen molar-refractivity contribution in [3.63, 3.8) is 0 Å². The molecular weight excluding hydrogens is 374 g/mol. The Kier molecular flexibility index (Phi) is 5.36. The molecule has 2 aromatic carbocycles. The zero-order valence-electron chi connectivity index (χ0n) is 17.5. The quantitative estimate of drug-likeness (QED) is 0.480. The molecule has 0 aliphatic rings. The van der Waals surface area contributed by atoms with E-state index in [1.807, 2.05) is 41.8 Å². The second-order valence-corrected chi connectivity index (χ2v) is 7.67. The number of hydrogen-bond acceptors (Lipinski definition) is 3. The third-order valence-electron chi connectivity index (χ3n) is 5.36. The van der Waals surface area contributed by atoms with Gasteiger partial charge in [-0.3, -0.25) is 0 Å². The first-order valence-corrected chi connectivity index (χ1v) is 10.2. The maximum absolute atomic E-state index is 11.5. The molecule has 0 saturated heterocycles. The number of hydrogen-bond donors (Lipinski definition) is 1. The fraction of sp³-hybridized carbons (Fsp3) is 0.240. The lowest BCUT2D eigenvalue weighted by Gasteiger charge is -2.08. The van der Waals surface area contributed by atoms with Crippen LogP contribution in [0.3, 0.4) is 0 Å². The summed E-state index contributed by atoms with van der Waals surface area (Å²) in [5, 5.41) is 14.3. The van der Waals surface area contributed by atoms with Crippen molar-refractivity contribution in [3.05, 3.63) is 88.4 Å². The average Bonchev–Trinajstić information content (AvgIpc) is 3.06. The highest BCUT2D eigenvalue weighted by atomic mass is 16.4. The molecule has 0 aliphatic carbocycles. The minimum absolute atomic E-state index is 0.313. The van der Waals surface area contributed by atoms with Gasteiger partial charge in [-0.2, -0.15) is 5.10 Å². The lowest BCUT2D eigenvalue weighted by molar-refractivity contribution is 0.0697. The Morgan fingerprint density at radius 3 is 2.50 bits per heavy atom. The Hall–Kier alpha value is -3.47. The topological polar surface area (TPSA) is 67.5 Å². The van der Waals surface area contributed by atoms with Crippen LogP contribution in [0.4, 0.5) is 0 Å². The van der Waals surface area contributed by atoms with Gasteiger partial charge in [-0.1, -0.05) is 55.8 Å². The van der Waals surface area contributed by atoms with E-state index < -0.39 is 5.97 Å². The Balaban J connectivity index is 1.71. The van der Waals surface area contributed by atoms with Gasteiger partial charge >= 0.3 is 5.97 Å².